The Kier molecular flexibility index (Phi) is 7.18. The van der Waals surface area contributed by atoms with E-state index in [1.165, 1.54) is 42.5 Å². The number of hydroxylamine groups is 1. The average molecular weight is 521 g/mol. The zero-order valence-electron chi connectivity index (χ0n) is 17.8. The zero-order valence-corrected chi connectivity index (χ0v) is 20.1. The maximum atomic E-state index is 14.7. The SMILES string of the molecule is CONC(=NS(=O)(=O)c1ccc(Cl)cc1)N1CC(c2ccccc2F)C(c2ccc(Cl)cc2)=N1. The lowest BCUT2D eigenvalue weighted by Crippen LogP contribution is -2.38. The summed E-state index contributed by atoms with van der Waals surface area (Å²) in [5.41, 5.74) is 4.12. The highest BCUT2D eigenvalue weighted by Gasteiger charge is 2.34. The summed E-state index contributed by atoms with van der Waals surface area (Å²) in [4.78, 5) is 4.91. The predicted molar refractivity (Wildman–Crippen MR) is 130 cm³/mol. The van der Waals surface area contributed by atoms with Crippen molar-refractivity contribution in [2.75, 3.05) is 13.7 Å². The molecule has 1 unspecified atom stereocenters. The van der Waals surface area contributed by atoms with Gasteiger partial charge in [0.25, 0.3) is 16.0 Å². The second-order valence-corrected chi connectivity index (χ2v) is 9.78. The Morgan fingerprint density at radius 2 is 1.68 bits per heavy atom. The number of sulfonamides is 1. The monoisotopic (exact) mass is 520 g/mol. The summed E-state index contributed by atoms with van der Waals surface area (Å²) in [7, 11) is -2.81. The first-order valence-corrected chi connectivity index (χ1v) is 12.2. The molecule has 3 aromatic carbocycles. The Bertz CT molecular complexity index is 1350. The third kappa shape index (κ3) is 5.23. The molecule has 7 nitrogen and oxygen atoms in total. The van der Waals surface area contributed by atoms with Gasteiger partial charge in [0, 0.05) is 10.0 Å². The van der Waals surface area contributed by atoms with Crippen LogP contribution in [0.4, 0.5) is 4.39 Å². The van der Waals surface area contributed by atoms with Gasteiger partial charge in [-0.3, -0.25) is 4.84 Å². The first-order chi connectivity index (χ1) is 16.3. The van der Waals surface area contributed by atoms with Gasteiger partial charge in [-0.25, -0.2) is 14.9 Å². The summed E-state index contributed by atoms with van der Waals surface area (Å²) in [5.74, 6) is -1.09. The Hall–Kier alpha value is -2.98. The summed E-state index contributed by atoms with van der Waals surface area (Å²) < 4.78 is 44.4. The van der Waals surface area contributed by atoms with Gasteiger partial charge in [-0.05, 0) is 53.6 Å². The van der Waals surface area contributed by atoms with Crippen molar-refractivity contribution in [3.63, 3.8) is 0 Å². The van der Waals surface area contributed by atoms with Gasteiger partial charge in [-0.2, -0.15) is 13.5 Å². The average Bonchev–Trinajstić information content (AvgIpc) is 3.25. The largest absolute Gasteiger partial charge is 0.285 e. The molecular weight excluding hydrogens is 502 g/mol. The number of nitrogens with one attached hydrogen (secondary N) is 1. The van der Waals surface area contributed by atoms with Crippen LogP contribution < -0.4 is 5.48 Å². The molecule has 0 amide bonds. The van der Waals surface area contributed by atoms with Crippen molar-refractivity contribution in [1.29, 1.82) is 0 Å². The minimum Gasteiger partial charge on any atom is -0.277 e. The molecule has 11 heteroatoms. The molecule has 0 fully saturated rings. The lowest BCUT2D eigenvalue weighted by Gasteiger charge is -2.18. The molecule has 0 spiro atoms. The minimum atomic E-state index is -4.13. The smallest absolute Gasteiger partial charge is 0.277 e. The first kappa shape index (κ1) is 24.2. The van der Waals surface area contributed by atoms with Crippen LogP contribution in [0.25, 0.3) is 0 Å². The van der Waals surface area contributed by atoms with Gasteiger partial charge >= 0.3 is 0 Å². The molecule has 3 aromatic rings. The van der Waals surface area contributed by atoms with E-state index in [-0.39, 0.29) is 17.4 Å². The van der Waals surface area contributed by atoms with Gasteiger partial charge < -0.3 is 0 Å². The number of hydrazone groups is 1. The number of benzene rings is 3. The molecule has 4 rings (SSSR count). The molecule has 0 radical (unpaired) electrons. The lowest BCUT2D eigenvalue weighted by atomic mass is 9.90. The van der Waals surface area contributed by atoms with Crippen LogP contribution in [0.3, 0.4) is 0 Å². The molecule has 0 saturated carbocycles. The highest BCUT2D eigenvalue weighted by Crippen LogP contribution is 2.31. The predicted octanol–water partition coefficient (Wildman–Crippen LogP) is 4.83. The van der Waals surface area contributed by atoms with Gasteiger partial charge in [0.15, 0.2) is 0 Å². The molecule has 0 aliphatic carbocycles. The van der Waals surface area contributed by atoms with Crippen molar-refractivity contribution >= 4 is 44.9 Å². The van der Waals surface area contributed by atoms with Crippen LogP contribution in [0.1, 0.15) is 17.0 Å². The summed E-state index contributed by atoms with van der Waals surface area (Å²) >= 11 is 11.9. The Labute approximate surface area is 206 Å². The Balaban J connectivity index is 1.77. The van der Waals surface area contributed by atoms with Gasteiger partial charge in [0.05, 0.1) is 30.2 Å². The first-order valence-electron chi connectivity index (χ1n) is 10.0. The second-order valence-electron chi connectivity index (χ2n) is 7.30. The van der Waals surface area contributed by atoms with E-state index in [1.54, 1.807) is 42.5 Å². The fourth-order valence-corrected chi connectivity index (χ4v) is 4.70. The van der Waals surface area contributed by atoms with Gasteiger partial charge in [0.2, 0.25) is 0 Å². The van der Waals surface area contributed by atoms with Crippen molar-refractivity contribution in [1.82, 2.24) is 10.5 Å². The highest BCUT2D eigenvalue weighted by molar-refractivity contribution is 7.90. The third-order valence-electron chi connectivity index (χ3n) is 5.09. The quantitative estimate of drug-likeness (QED) is 0.296. The summed E-state index contributed by atoms with van der Waals surface area (Å²) in [6.45, 7) is 0.115. The normalized spacial score (nSPS) is 16.5. The molecule has 1 N–H and O–H groups in total. The van der Waals surface area contributed by atoms with E-state index in [2.05, 4.69) is 15.0 Å². The van der Waals surface area contributed by atoms with E-state index in [0.29, 0.717) is 26.9 Å². The maximum absolute atomic E-state index is 14.7. The number of halogens is 3. The van der Waals surface area contributed by atoms with Crippen LogP contribution in [0.2, 0.25) is 10.0 Å². The summed E-state index contributed by atoms with van der Waals surface area (Å²) in [5, 5.41) is 6.84. The van der Waals surface area contributed by atoms with Crippen molar-refractivity contribution in [2.24, 2.45) is 9.50 Å². The van der Waals surface area contributed by atoms with Gasteiger partial charge in [-0.1, -0.05) is 53.5 Å². The van der Waals surface area contributed by atoms with E-state index < -0.39 is 21.8 Å². The number of hydrogen-bond donors (Lipinski definition) is 1. The fraction of sp³-hybridized carbons (Fsp3) is 0.130. The molecule has 0 saturated heterocycles. The van der Waals surface area contributed by atoms with E-state index in [0.717, 1.165) is 0 Å². The third-order valence-corrected chi connectivity index (χ3v) is 6.88. The van der Waals surface area contributed by atoms with Crippen molar-refractivity contribution < 1.29 is 17.6 Å². The molecule has 176 valence electrons. The fourth-order valence-electron chi connectivity index (χ4n) is 3.50. The number of hydrogen-bond acceptors (Lipinski definition) is 4. The van der Waals surface area contributed by atoms with Crippen LogP contribution in [0.15, 0.2) is 87.2 Å². The van der Waals surface area contributed by atoms with Crippen LogP contribution in [0, 0.1) is 5.82 Å². The van der Waals surface area contributed by atoms with E-state index in [9.17, 15) is 12.8 Å². The minimum absolute atomic E-state index is 0.0564. The van der Waals surface area contributed by atoms with Crippen LogP contribution in [-0.2, 0) is 14.9 Å². The molecule has 0 bridgehead atoms. The van der Waals surface area contributed by atoms with E-state index in [4.69, 9.17) is 28.0 Å². The topological polar surface area (TPSA) is 83.4 Å². The van der Waals surface area contributed by atoms with Crippen LogP contribution >= 0.6 is 23.2 Å². The Morgan fingerprint density at radius 1 is 1.06 bits per heavy atom. The molecule has 1 heterocycles. The summed E-state index contributed by atoms with van der Waals surface area (Å²) in [6.07, 6.45) is 0. The molecule has 1 aliphatic heterocycles. The highest BCUT2D eigenvalue weighted by atomic mass is 35.5. The number of rotatable bonds is 5. The van der Waals surface area contributed by atoms with E-state index >= 15 is 0 Å². The van der Waals surface area contributed by atoms with Gasteiger partial charge in [0.1, 0.15) is 5.82 Å². The standard InChI is InChI=1S/C23H19Cl2FN4O3S/c1-33-28-23(29-34(31,32)18-12-10-17(25)11-13-18)30-14-20(19-4-2-3-5-21(19)26)22(27-30)15-6-8-16(24)9-7-15/h2-13,20H,14H2,1H3,(H,28,29). The summed E-state index contributed by atoms with van der Waals surface area (Å²) in [6, 6.07) is 18.9. The van der Waals surface area contributed by atoms with Crippen LogP contribution in [0.5, 0.6) is 0 Å². The van der Waals surface area contributed by atoms with Crippen molar-refractivity contribution in [3.8, 4) is 0 Å². The van der Waals surface area contributed by atoms with Gasteiger partial charge in [-0.15, -0.1) is 4.40 Å². The van der Waals surface area contributed by atoms with Crippen LogP contribution in [-0.4, -0.2) is 38.8 Å². The number of nitrogens with zero attached hydrogens (tertiary/aromatic N) is 3. The number of guanidine groups is 1. The Morgan fingerprint density at radius 3 is 2.29 bits per heavy atom. The lowest BCUT2D eigenvalue weighted by molar-refractivity contribution is 0.132. The second kappa shape index (κ2) is 10.1. The maximum Gasteiger partial charge on any atom is 0.285 e. The molecule has 0 aromatic heterocycles. The zero-order chi connectivity index (χ0) is 24.3. The molecule has 1 atom stereocenters. The van der Waals surface area contributed by atoms with E-state index in [1.807, 2.05) is 0 Å². The molecular formula is C23H19Cl2FN4O3S. The molecule has 1 aliphatic rings. The molecule has 34 heavy (non-hydrogen) atoms. The van der Waals surface area contributed by atoms with Crippen molar-refractivity contribution in [2.45, 2.75) is 10.8 Å². The van der Waals surface area contributed by atoms with Crippen molar-refractivity contribution in [3.05, 3.63) is 99.8 Å².